The molecule has 4 rings (SSSR count). The molecule has 0 bridgehead atoms. The Morgan fingerprint density at radius 3 is 1.69 bits per heavy atom. The number of aromatic nitrogens is 2. The molecule has 1 heterocycles. The van der Waals surface area contributed by atoms with Crippen LogP contribution in [0.5, 0.6) is 0 Å². The minimum atomic E-state index is -0.541. The quantitative estimate of drug-likeness (QED) is 0.359. The summed E-state index contributed by atoms with van der Waals surface area (Å²) in [5.74, 6) is 0.854. The van der Waals surface area contributed by atoms with Gasteiger partial charge >= 0.3 is 0 Å². The summed E-state index contributed by atoms with van der Waals surface area (Å²) in [7, 11) is 0. The molecule has 3 aromatic carbocycles. The first-order valence-electron chi connectivity index (χ1n) is 10.3. The predicted molar refractivity (Wildman–Crippen MR) is 120 cm³/mol. The molecule has 0 aliphatic carbocycles. The molecule has 2 N–H and O–H groups in total. The molecule has 0 saturated heterocycles. The SMILES string of the molecule is CCCCc1cc(NC(c2ccccc2)(c2ccccc2)c2ccccc2)n[nH]1. The van der Waals surface area contributed by atoms with E-state index in [-0.39, 0.29) is 0 Å². The molecule has 0 amide bonds. The van der Waals surface area contributed by atoms with Gasteiger partial charge in [-0.05, 0) is 29.5 Å². The van der Waals surface area contributed by atoms with Crippen molar-refractivity contribution >= 4 is 5.82 Å². The Morgan fingerprint density at radius 2 is 1.24 bits per heavy atom. The minimum Gasteiger partial charge on any atom is -0.351 e. The molecule has 29 heavy (non-hydrogen) atoms. The van der Waals surface area contributed by atoms with Crippen LogP contribution in [-0.2, 0) is 12.0 Å². The molecular formula is C26H27N3. The summed E-state index contributed by atoms with van der Waals surface area (Å²) < 4.78 is 0. The van der Waals surface area contributed by atoms with Crippen molar-refractivity contribution in [1.82, 2.24) is 10.2 Å². The van der Waals surface area contributed by atoms with Crippen molar-refractivity contribution in [2.24, 2.45) is 0 Å². The molecule has 0 aliphatic heterocycles. The lowest BCUT2D eigenvalue weighted by Gasteiger charge is -2.37. The molecule has 0 fully saturated rings. The van der Waals surface area contributed by atoms with Gasteiger partial charge in [0.05, 0.1) is 0 Å². The topological polar surface area (TPSA) is 40.7 Å². The molecule has 0 aliphatic rings. The van der Waals surface area contributed by atoms with Crippen LogP contribution in [0, 0.1) is 0 Å². The summed E-state index contributed by atoms with van der Waals surface area (Å²) in [4.78, 5) is 0. The summed E-state index contributed by atoms with van der Waals surface area (Å²) >= 11 is 0. The molecule has 0 saturated carbocycles. The average Bonchev–Trinajstić information content (AvgIpc) is 3.25. The van der Waals surface area contributed by atoms with Gasteiger partial charge < -0.3 is 5.32 Å². The van der Waals surface area contributed by atoms with Crippen LogP contribution in [0.2, 0.25) is 0 Å². The fourth-order valence-corrected chi connectivity index (χ4v) is 3.89. The number of benzene rings is 3. The van der Waals surface area contributed by atoms with Crippen molar-refractivity contribution in [1.29, 1.82) is 0 Å². The lowest BCUT2D eigenvalue weighted by atomic mass is 9.77. The second-order valence-corrected chi connectivity index (χ2v) is 7.36. The summed E-state index contributed by atoms with van der Waals surface area (Å²) in [6.45, 7) is 2.21. The van der Waals surface area contributed by atoms with Crippen LogP contribution in [0.15, 0.2) is 97.1 Å². The standard InChI is InChI=1S/C26H27N3/c1-2-3-19-24-20-25(29-28-24)27-26(21-13-7-4-8-14-21,22-15-9-5-10-16-22)23-17-11-6-12-18-23/h4-18,20H,2-3,19H2,1H3,(H2,27,28,29). The first-order valence-corrected chi connectivity index (χ1v) is 10.3. The van der Waals surface area contributed by atoms with E-state index < -0.39 is 5.54 Å². The lowest BCUT2D eigenvalue weighted by Crippen LogP contribution is -2.38. The van der Waals surface area contributed by atoms with E-state index in [4.69, 9.17) is 0 Å². The largest absolute Gasteiger partial charge is 0.351 e. The maximum atomic E-state index is 4.59. The van der Waals surface area contributed by atoms with Crippen LogP contribution >= 0.6 is 0 Å². The van der Waals surface area contributed by atoms with Crippen molar-refractivity contribution < 1.29 is 0 Å². The zero-order chi connectivity index (χ0) is 19.9. The van der Waals surface area contributed by atoms with Crippen LogP contribution in [0.4, 0.5) is 5.82 Å². The van der Waals surface area contributed by atoms with Crippen molar-refractivity contribution in [3.8, 4) is 0 Å². The third-order valence-electron chi connectivity index (χ3n) is 5.37. The fraction of sp³-hybridized carbons (Fsp3) is 0.192. The Hall–Kier alpha value is -3.33. The Labute approximate surface area is 172 Å². The third kappa shape index (κ3) is 3.95. The number of hydrogen-bond acceptors (Lipinski definition) is 2. The summed E-state index contributed by atoms with van der Waals surface area (Å²) in [6, 6.07) is 33.9. The molecule has 4 aromatic rings. The van der Waals surface area contributed by atoms with E-state index in [0.29, 0.717) is 0 Å². The monoisotopic (exact) mass is 381 g/mol. The van der Waals surface area contributed by atoms with Gasteiger partial charge in [0, 0.05) is 11.8 Å². The third-order valence-corrected chi connectivity index (χ3v) is 5.37. The number of H-pyrrole nitrogens is 1. The summed E-state index contributed by atoms with van der Waals surface area (Å²) in [5, 5.41) is 11.6. The number of rotatable bonds is 8. The second kappa shape index (κ2) is 8.78. The Bertz CT molecular complexity index is 911. The number of aromatic amines is 1. The van der Waals surface area contributed by atoms with Crippen molar-refractivity contribution in [3.05, 3.63) is 119 Å². The average molecular weight is 382 g/mol. The van der Waals surface area contributed by atoms with Gasteiger partial charge in [-0.15, -0.1) is 0 Å². The second-order valence-electron chi connectivity index (χ2n) is 7.36. The molecule has 3 heteroatoms. The van der Waals surface area contributed by atoms with Crippen molar-refractivity contribution in [2.75, 3.05) is 5.32 Å². The molecule has 0 radical (unpaired) electrons. The van der Waals surface area contributed by atoms with Gasteiger partial charge in [0.25, 0.3) is 0 Å². The highest BCUT2D eigenvalue weighted by molar-refractivity contribution is 5.58. The van der Waals surface area contributed by atoms with Crippen molar-refractivity contribution in [3.63, 3.8) is 0 Å². The van der Waals surface area contributed by atoms with Gasteiger partial charge in [0.2, 0.25) is 0 Å². The lowest BCUT2D eigenvalue weighted by molar-refractivity contribution is 0.705. The molecule has 0 atom stereocenters. The Balaban J connectivity index is 1.87. The van der Waals surface area contributed by atoms with E-state index in [1.54, 1.807) is 0 Å². The van der Waals surface area contributed by atoms with Crippen LogP contribution in [0.3, 0.4) is 0 Å². The first kappa shape index (κ1) is 19.0. The number of hydrogen-bond donors (Lipinski definition) is 2. The zero-order valence-corrected chi connectivity index (χ0v) is 16.8. The number of nitrogens with one attached hydrogen (secondary N) is 2. The van der Waals surface area contributed by atoms with Crippen LogP contribution in [0.25, 0.3) is 0 Å². The number of nitrogens with zero attached hydrogens (tertiary/aromatic N) is 1. The van der Waals surface area contributed by atoms with Crippen LogP contribution in [-0.4, -0.2) is 10.2 Å². The maximum absolute atomic E-state index is 4.59. The van der Waals surface area contributed by atoms with Gasteiger partial charge in [-0.1, -0.05) is 104 Å². The number of unbranched alkanes of at least 4 members (excludes halogenated alkanes) is 1. The van der Waals surface area contributed by atoms with Gasteiger partial charge in [0.1, 0.15) is 11.4 Å². The van der Waals surface area contributed by atoms with Gasteiger partial charge in [0.15, 0.2) is 0 Å². The van der Waals surface area contributed by atoms with Crippen LogP contribution in [0.1, 0.15) is 42.1 Å². The molecule has 146 valence electrons. The molecule has 0 spiro atoms. The highest BCUT2D eigenvalue weighted by atomic mass is 15.2. The minimum absolute atomic E-state index is 0.541. The van der Waals surface area contributed by atoms with E-state index in [1.165, 1.54) is 23.1 Å². The highest BCUT2D eigenvalue weighted by Gasteiger charge is 2.36. The molecule has 0 unspecified atom stereocenters. The number of aryl methyl sites for hydroxylation is 1. The fourth-order valence-electron chi connectivity index (χ4n) is 3.89. The zero-order valence-electron chi connectivity index (χ0n) is 16.8. The molecule has 3 nitrogen and oxygen atoms in total. The van der Waals surface area contributed by atoms with Crippen molar-refractivity contribution in [2.45, 2.75) is 31.7 Å². The van der Waals surface area contributed by atoms with E-state index in [2.05, 4.69) is 119 Å². The van der Waals surface area contributed by atoms with Gasteiger partial charge in [-0.25, -0.2) is 0 Å². The maximum Gasteiger partial charge on any atom is 0.149 e. The summed E-state index contributed by atoms with van der Waals surface area (Å²) in [5.41, 5.74) is 4.15. The normalized spacial score (nSPS) is 11.3. The molecule has 1 aromatic heterocycles. The Morgan fingerprint density at radius 1 is 0.759 bits per heavy atom. The van der Waals surface area contributed by atoms with E-state index >= 15 is 0 Å². The smallest absolute Gasteiger partial charge is 0.149 e. The molecular weight excluding hydrogens is 354 g/mol. The van der Waals surface area contributed by atoms with E-state index in [9.17, 15) is 0 Å². The van der Waals surface area contributed by atoms with E-state index in [0.717, 1.165) is 24.4 Å². The predicted octanol–water partition coefficient (Wildman–Crippen LogP) is 6.16. The van der Waals surface area contributed by atoms with Crippen LogP contribution < -0.4 is 5.32 Å². The first-order chi connectivity index (χ1) is 14.3. The van der Waals surface area contributed by atoms with Gasteiger partial charge in [-0.2, -0.15) is 5.10 Å². The van der Waals surface area contributed by atoms with E-state index in [1.807, 2.05) is 0 Å². The van der Waals surface area contributed by atoms with Gasteiger partial charge in [-0.3, -0.25) is 5.10 Å². The summed E-state index contributed by atoms with van der Waals surface area (Å²) in [6.07, 6.45) is 3.34. The highest BCUT2D eigenvalue weighted by Crippen LogP contribution is 2.39. The number of anilines is 1. The Kier molecular flexibility index (Phi) is 5.76.